The molecule has 3 rings (SSSR count). The number of hydrogen-bond acceptors (Lipinski definition) is 2. The highest BCUT2D eigenvalue weighted by Gasteiger charge is 2.21. The van der Waals surface area contributed by atoms with Crippen LogP contribution in [0.4, 0.5) is 0 Å². The Balaban J connectivity index is 1.69. The Morgan fingerprint density at radius 3 is 2.95 bits per heavy atom. The van der Waals surface area contributed by atoms with Gasteiger partial charge < -0.3 is 15.0 Å². The van der Waals surface area contributed by atoms with Crippen LogP contribution in [0.1, 0.15) is 31.2 Å². The molecule has 1 aliphatic carbocycles. The van der Waals surface area contributed by atoms with E-state index in [4.69, 9.17) is 0 Å². The van der Waals surface area contributed by atoms with E-state index in [9.17, 15) is 0 Å². The Morgan fingerprint density at radius 2 is 2.24 bits per heavy atom. The first-order valence-corrected chi connectivity index (χ1v) is 7.72. The van der Waals surface area contributed by atoms with Crippen LogP contribution >= 0.6 is 0 Å². The number of rotatable bonds is 5. The van der Waals surface area contributed by atoms with E-state index in [1.807, 2.05) is 12.1 Å². The zero-order valence-electron chi connectivity index (χ0n) is 12.8. The van der Waals surface area contributed by atoms with Gasteiger partial charge in [-0.05, 0) is 44.7 Å². The van der Waals surface area contributed by atoms with Crippen molar-refractivity contribution in [1.29, 1.82) is 0 Å². The number of aromatic nitrogens is 2. The fourth-order valence-electron chi connectivity index (χ4n) is 2.34. The molecule has 0 bridgehead atoms. The second-order valence-corrected chi connectivity index (χ2v) is 5.65. The molecule has 2 aromatic heterocycles. The normalized spacial score (nSPS) is 15.4. The van der Waals surface area contributed by atoms with Crippen molar-refractivity contribution in [3.05, 3.63) is 35.8 Å². The molecule has 1 fully saturated rings. The molecular weight excluding hydrogens is 262 g/mol. The lowest BCUT2D eigenvalue weighted by molar-refractivity contribution is 0.738. The smallest absolute Gasteiger partial charge is 0.191 e. The number of nitrogens with zero attached hydrogens (tertiary/aromatic N) is 3. The summed E-state index contributed by atoms with van der Waals surface area (Å²) in [6, 6.07) is 6.14. The molecular formula is C16H23N5. The molecule has 2 N–H and O–H groups in total. The van der Waals surface area contributed by atoms with Crippen molar-refractivity contribution in [3.63, 3.8) is 0 Å². The molecule has 0 saturated heterocycles. The first kappa shape index (κ1) is 13.9. The number of pyridine rings is 1. The van der Waals surface area contributed by atoms with Gasteiger partial charge in [-0.2, -0.15) is 0 Å². The van der Waals surface area contributed by atoms with Crippen LogP contribution in [0, 0.1) is 12.8 Å². The number of fused-ring (bicyclic) bond motifs is 1. The van der Waals surface area contributed by atoms with Crippen LogP contribution in [-0.2, 0) is 6.54 Å². The van der Waals surface area contributed by atoms with Gasteiger partial charge in [0.15, 0.2) is 5.96 Å². The predicted octanol–water partition coefficient (Wildman–Crippen LogP) is 2.11. The van der Waals surface area contributed by atoms with Gasteiger partial charge in [-0.3, -0.25) is 0 Å². The summed E-state index contributed by atoms with van der Waals surface area (Å²) in [6.07, 6.45) is 4.76. The van der Waals surface area contributed by atoms with Crippen LogP contribution in [0.25, 0.3) is 5.65 Å². The lowest BCUT2D eigenvalue weighted by atomic mass is 10.4. The molecule has 1 saturated carbocycles. The topological polar surface area (TPSA) is 53.7 Å². The van der Waals surface area contributed by atoms with Gasteiger partial charge in [-0.25, -0.2) is 9.98 Å². The highest BCUT2D eigenvalue weighted by atomic mass is 15.2. The van der Waals surface area contributed by atoms with E-state index in [2.05, 4.69) is 51.1 Å². The first-order valence-electron chi connectivity index (χ1n) is 7.72. The molecule has 0 aromatic carbocycles. The third-order valence-corrected chi connectivity index (χ3v) is 3.74. The van der Waals surface area contributed by atoms with Crippen LogP contribution in [0.5, 0.6) is 0 Å². The summed E-state index contributed by atoms with van der Waals surface area (Å²) in [4.78, 5) is 9.24. The second-order valence-electron chi connectivity index (χ2n) is 5.65. The molecule has 0 radical (unpaired) electrons. The standard InChI is InChI=1S/C16H23N5/c1-3-17-16(18-9-13-7-8-13)19-10-14-11-21-12(2)5-4-6-15(21)20-14/h4-6,11,13H,3,7-10H2,1-2H3,(H2,17,18,19). The van der Waals surface area contributed by atoms with Crippen molar-refractivity contribution < 1.29 is 0 Å². The van der Waals surface area contributed by atoms with E-state index < -0.39 is 0 Å². The Bertz CT molecular complexity index is 639. The molecule has 21 heavy (non-hydrogen) atoms. The largest absolute Gasteiger partial charge is 0.357 e. The van der Waals surface area contributed by atoms with Gasteiger partial charge >= 0.3 is 0 Å². The van der Waals surface area contributed by atoms with Crippen LogP contribution in [0.3, 0.4) is 0 Å². The summed E-state index contributed by atoms with van der Waals surface area (Å²) in [5.74, 6) is 1.73. The van der Waals surface area contributed by atoms with E-state index in [1.54, 1.807) is 0 Å². The summed E-state index contributed by atoms with van der Waals surface area (Å²) < 4.78 is 2.11. The maximum absolute atomic E-state index is 4.63. The number of nitrogens with one attached hydrogen (secondary N) is 2. The molecule has 0 amide bonds. The van der Waals surface area contributed by atoms with Gasteiger partial charge in [0.2, 0.25) is 0 Å². The molecule has 5 nitrogen and oxygen atoms in total. The minimum atomic E-state index is 0.598. The monoisotopic (exact) mass is 285 g/mol. The van der Waals surface area contributed by atoms with E-state index in [1.165, 1.54) is 18.5 Å². The van der Waals surface area contributed by atoms with Crippen LogP contribution in [0.2, 0.25) is 0 Å². The molecule has 0 unspecified atom stereocenters. The maximum Gasteiger partial charge on any atom is 0.191 e. The van der Waals surface area contributed by atoms with Crippen LogP contribution in [0.15, 0.2) is 29.4 Å². The molecule has 0 spiro atoms. The van der Waals surface area contributed by atoms with Gasteiger partial charge in [0, 0.05) is 25.0 Å². The lowest BCUT2D eigenvalue weighted by Gasteiger charge is -2.10. The number of hydrogen-bond donors (Lipinski definition) is 2. The zero-order chi connectivity index (χ0) is 14.7. The quantitative estimate of drug-likeness (QED) is 0.653. The fourth-order valence-corrected chi connectivity index (χ4v) is 2.34. The molecule has 112 valence electrons. The predicted molar refractivity (Wildman–Crippen MR) is 85.5 cm³/mol. The van der Waals surface area contributed by atoms with E-state index in [0.29, 0.717) is 6.54 Å². The lowest BCUT2D eigenvalue weighted by Crippen LogP contribution is -2.38. The summed E-state index contributed by atoms with van der Waals surface area (Å²) in [5.41, 5.74) is 3.16. The van der Waals surface area contributed by atoms with E-state index >= 15 is 0 Å². The zero-order valence-corrected chi connectivity index (χ0v) is 12.8. The van der Waals surface area contributed by atoms with Crippen LogP contribution in [-0.4, -0.2) is 28.4 Å². The van der Waals surface area contributed by atoms with Gasteiger partial charge in [0.05, 0.1) is 12.2 Å². The van der Waals surface area contributed by atoms with Crippen molar-refractivity contribution in [2.45, 2.75) is 33.2 Å². The third-order valence-electron chi connectivity index (χ3n) is 3.74. The summed E-state index contributed by atoms with van der Waals surface area (Å²) >= 11 is 0. The minimum Gasteiger partial charge on any atom is -0.357 e. The average Bonchev–Trinajstić information content (AvgIpc) is 3.20. The summed E-state index contributed by atoms with van der Waals surface area (Å²) in [7, 11) is 0. The van der Waals surface area contributed by atoms with Crippen LogP contribution < -0.4 is 10.6 Å². The number of imidazole rings is 1. The van der Waals surface area contributed by atoms with Gasteiger partial charge in [-0.15, -0.1) is 0 Å². The molecule has 1 aliphatic rings. The SMILES string of the molecule is CCNC(=NCc1cn2c(C)cccc2n1)NCC1CC1. The van der Waals surface area contributed by atoms with Gasteiger partial charge in [-0.1, -0.05) is 6.07 Å². The highest BCUT2D eigenvalue weighted by molar-refractivity contribution is 5.79. The second kappa shape index (κ2) is 6.16. The number of aryl methyl sites for hydroxylation is 1. The third kappa shape index (κ3) is 3.54. The average molecular weight is 285 g/mol. The maximum atomic E-state index is 4.63. The Kier molecular flexibility index (Phi) is 4.08. The summed E-state index contributed by atoms with van der Waals surface area (Å²) in [6.45, 7) is 6.67. The molecule has 5 heteroatoms. The Morgan fingerprint density at radius 1 is 1.38 bits per heavy atom. The molecule has 2 aromatic rings. The van der Waals surface area contributed by atoms with Crippen molar-refractivity contribution in [2.24, 2.45) is 10.9 Å². The van der Waals surface area contributed by atoms with Crippen molar-refractivity contribution in [3.8, 4) is 0 Å². The van der Waals surface area contributed by atoms with Crippen molar-refractivity contribution in [1.82, 2.24) is 20.0 Å². The number of guanidine groups is 1. The van der Waals surface area contributed by atoms with Crippen molar-refractivity contribution >= 4 is 11.6 Å². The minimum absolute atomic E-state index is 0.598. The fraction of sp³-hybridized carbons (Fsp3) is 0.500. The molecule has 0 aliphatic heterocycles. The Labute approximate surface area is 125 Å². The molecule has 2 heterocycles. The first-order chi connectivity index (χ1) is 10.3. The van der Waals surface area contributed by atoms with Gasteiger partial charge in [0.25, 0.3) is 0 Å². The van der Waals surface area contributed by atoms with E-state index in [0.717, 1.165) is 36.3 Å². The Hall–Kier alpha value is -2.04. The van der Waals surface area contributed by atoms with Gasteiger partial charge in [0.1, 0.15) is 5.65 Å². The van der Waals surface area contributed by atoms with E-state index in [-0.39, 0.29) is 0 Å². The van der Waals surface area contributed by atoms with Crippen molar-refractivity contribution in [2.75, 3.05) is 13.1 Å². The number of aliphatic imine (C=N–C) groups is 1. The summed E-state index contributed by atoms with van der Waals surface area (Å²) in [5, 5.41) is 6.69. The highest BCUT2D eigenvalue weighted by Crippen LogP contribution is 2.27. The molecule has 0 atom stereocenters.